The number of amides is 3. The number of nitrogens with one attached hydrogen (secondary N) is 2. The molecule has 25 heavy (non-hydrogen) atoms. The second-order valence-corrected chi connectivity index (χ2v) is 7.99. The molecule has 3 aliphatic heterocycles. The molecule has 6 nitrogen and oxygen atoms in total. The SMILES string of the molecule is CCCCN1C(=O)[C@H]2[C@H](C)N[C@@]3(C(=O)Nc4ccc(Br)cc43)[C@@H]2C1=O. The Bertz CT molecular complexity index is 796. The predicted octanol–water partition coefficient (Wildman–Crippen LogP) is 1.99. The number of nitrogens with zero attached hydrogens (tertiary/aromatic N) is 1. The van der Waals surface area contributed by atoms with Crippen molar-refractivity contribution >= 4 is 39.3 Å². The van der Waals surface area contributed by atoms with Gasteiger partial charge < -0.3 is 5.32 Å². The number of halogens is 1. The van der Waals surface area contributed by atoms with Gasteiger partial charge in [0, 0.05) is 28.3 Å². The molecule has 2 N–H and O–H groups in total. The Morgan fingerprint density at radius 2 is 2.00 bits per heavy atom. The maximum absolute atomic E-state index is 13.1. The third kappa shape index (κ3) is 2.08. The van der Waals surface area contributed by atoms with Crippen LogP contribution in [0.2, 0.25) is 0 Å². The lowest BCUT2D eigenvalue weighted by atomic mass is 9.76. The van der Waals surface area contributed by atoms with Crippen molar-refractivity contribution in [3.05, 3.63) is 28.2 Å². The van der Waals surface area contributed by atoms with Gasteiger partial charge in [-0.25, -0.2) is 0 Å². The van der Waals surface area contributed by atoms with E-state index in [9.17, 15) is 14.4 Å². The van der Waals surface area contributed by atoms with Crippen molar-refractivity contribution in [3.8, 4) is 0 Å². The smallest absolute Gasteiger partial charge is 0.250 e. The van der Waals surface area contributed by atoms with Crippen molar-refractivity contribution in [3.63, 3.8) is 0 Å². The third-order valence-electron chi connectivity index (χ3n) is 5.65. The van der Waals surface area contributed by atoms with Gasteiger partial charge in [0.1, 0.15) is 5.54 Å². The highest BCUT2D eigenvalue weighted by Gasteiger charge is 2.69. The van der Waals surface area contributed by atoms with Crippen molar-refractivity contribution in [2.75, 3.05) is 11.9 Å². The van der Waals surface area contributed by atoms with Gasteiger partial charge in [0.2, 0.25) is 17.7 Å². The largest absolute Gasteiger partial charge is 0.324 e. The van der Waals surface area contributed by atoms with Crippen LogP contribution < -0.4 is 10.6 Å². The van der Waals surface area contributed by atoms with Gasteiger partial charge in [0.05, 0.1) is 11.8 Å². The normalized spacial score (nSPS) is 33.2. The number of hydrogen-bond acceptors (Lipinski definition) is 4. The van der Waals surface area contributed by atoms with Crippen LogP contribution in [0.4, 0.5) is 5.69 Å². The Hall–Kier alpha value is -1.73. The molecule has 132 valence electrons. The molecule has 0 radical (unpaired) electrons. The first kappa shape index (κ1) is 16.7. The molecule has 2 saturated heterocycles. The van der Waals surface area contributed by atoms with Gasteiger partial charge in [0.15, 0.2) is 0 Å². The summed E-state index contributed by atoms with van der Waals surface area (Å²) in [5.74, 6) is -1.83. The number of carbonyl (C=O) groups excluding carboxylic acids is 3. The standard InChI is InChI=1S/C18H20BrN3O3/c1-3-4-7-22-15(23)13-9(2)21-18(14(13)16(22)24)11-8-10(19)5-6-12(11)20-17(18)25/h5-6,8-9,13-14,21H,3-4,7H2,1-2H3,(H,20,25)/t9-,13-,14-,18+/m0/s1. The minimum Gasteiger partial charge on any atom is -0.324 e. The van der Waals surface area contributed by atoms with Crippen LogP contribution in [-0.4, -0.2) is 35.2 Å². The minimum atomic E-state index is -1.17. The lowest BCUT2D eigenvalue weighted by Crippen LogP contribution is -2.53. The highest BCUT2D eigenvalue weighted by Crippen LogP contribution is 2.53. The minimum absolute atomic E-state index is 0.156. The lowest BCUT2D eigenvalue weighted by Gasteiger charge is -2.29. The summed E-state index contributed by atoms with van der Waals surface area (Å²) >= 11 is 3.45. The Labute approximate surface area is 154 Å². The van der Waals surface area contributed by atoms with Gasteiger partial charge in [-0.15, -0.1) is 0 Å². The average molecular weight is 406 g/mol. The first-order valence-electron chi connectivity index (χ1n) is 8.66. The van der Waals surface area contributed by atoms with Crippen LogP contribution in [0.15, 0.2) is 22.7 Å². The zero-order chi connectivity index (χ0) is 17.9. The van der Waals surface area contributed by atoms with E-state index in [-0.39, 0.29) is 23.8 Å². The molecule has 0 aliphatic carbocycles. The molecule has 1 aromatic carbocycles. The first-order valence-corrected chi connectivity index (χ1v) is 9.45. The second kappa shape index (κ2) is 5.64. The third-order valence-corrected chi connectivity index (χ3v) is 6.14. The molecule has 3 heterocycles. The average Bonchev–Trinajstić information content (AvgIpc) is 3.12. The van der Waals surface area contributed by atoms with Crippen molar-refractivity contribution in [1.29, 1.82) is 0 Å². The molecule has 0 saturated carbocycles. The molecule has 1 aromatic rings. The van der Waals surface area contributed by atoms with Crippen LogP contribution >= 0.6 is 15.9 Å². The van der Waals surface area contributed by atoms with Crippen LogP contribution in [0, 0.1) is 11.8 Å². The van der Waals surface area contributed by atoms with E-state index in [1.807, 2.05) is 32.0 Å². The second-order valence-electron chi connectivity index (χ2n) is 7.07. The molecule has 3 amide bonds. The van der Waals surface area contributed by atoms with Gasteiger partial charge in [-0.2, -0.15) is 0 Å². The van der Waals surface area contributed by atoms with E-state index in [0.29, 0.717) is 12.2 Å². The molecule has 0 aromatic heterocycles. The molecule has 4 rings (SSSR count). The highest BCUT2D eigenvalue weighted by atomic mass is 79.9. The lowest BCUT2D eigenvalue weighted by molar-refractivity contribution is -0.142. The zero-order valence-corrected chi connectivity index (χ0v) is 15.7. The molecule has 1 spiro atoms. The molecule has 7 heteroatoms. The molecule has 4 atom stereocenters. The van der Waals surface area contributed by atoms with E-state index in [1.165, 1.54) is 4.90 Å². The fraction of sp³-hybridized carbons (Fsp3) is 0.500. The molecule has 2 fully saturated rings. The van der Waals surface area contributed by atoms with Crippen LogP contribution in [0.5, 0.6) is 0 Å². The number of rotatable bonds is 3. The topological polar surface area (TPSA) is 78.5 Å². The number of anilines is 1. The van der Waals surface area contributed by atoms with E-state index in [4.69, 9.17) is 0 Å². The first-order chi connectivity index (χ1) is 11.9. The van der Waals surface area contributed by atoms with Crippen LogP contribution in [0.25, 0.3) is 0 Å². The summed E-state index contributed by atoms with van der Waals surface area (Å²) in [6, 6.07) is 5.29. The summed E-state index contributed by atoms with van der Waals surface area (Å²) in [6.07, 6.45) is 1.68. The summed E-state index contributed by atoms with van der Waals surface area (Å²) in [6.45, 7) is 4.33. The van der Waals surface area contributed by atoms with Crippen molar-refractivity contribution < 1.29 is 14.4 Å². The Kier molecular flexibility index (Phi) is 3.77. The van der Waals surface area contributed by atoms with Crippen molar-refractivity contribution in [1.82, 2.24) is 10.2 Å². The van der Waals surface area contributed by atoms with Gasteiger partial charge in [-0.05, 0) is 31.5 Å². The van der Waals surface area contributed by atoms with Gasteiger partial charge in [0.25, 0.3) is 0 Å². The number of hydrogen-bond donors (Lipinski definition) is 2. The van der Waals surface area contributed by atoms with E-state index >= 15 is 0 Å². The Balaban J connectivity index is 1.83. The molecular formula is C18H20BrN3O3. The number of carbonyl (C=O) groups is 3. The maximum atomic E-state index is 13.1. The Morgan fingerprint density at radius 3 is 2.72 bits per heavy atom. The summed E-state index contributed by atoms with van der Waals surface area (Å²) in [5.41, 5.74) is 0.266. The van der Waals surface area contributed by atoms with E-state index in [0.717, 1.165) is 22.9 Å². The van der Waals surface area contributed by atoms with Crippen LogP contribution in [0.1, 0.15) is 32.3 Å². The predicted molar refractivity (Wildman–Crippen MR) is 95.7 cm³/mol. The summed E-state index contributed by atoms with van der Waals surface area (Å²) < 4.78 is 0.833. The quantitative estimate of drug-likeness (QED) is 0.753. The Morgan fingerprint density at radius 1 is 1.24 bits per heavy atom. The monoisotopic (exact) mass is 405 g/mol. The summed E-state index contributed by atoms with van der Waals surface area (Å²) in [5, 5.41) is 6.18. The van der Waals surface area contributed by atoms with E-state index in [2.05, 4.69) is 26.6 Å². The summed E-state index contributed by atoms with van der Waals surface area (Å²) in [7, 11) is 0. The molecule has 0 unspecified atom stereocenters. The number of likely N-dealkylation sites (tertiary alicyclic amines) is 1. The van der Waals surface area contributed by atoms with E-state index < -0.39 is 17.4 Å². The number of benzene rings is 1. The molecular weight excluding hydrogens is 386 g/mol. The number of fused-ring (bicyclic) bond motifs is 4. The highest BCUT2D eigenvalue weighted by molar-refractivity contribution is 9.10. The van der Waals surface area contributed by atoms with Crippen LogP contribution in [0.3, 0.4) is 0 Å². The molecule has 3 aliphatic rings. The maximum Gasteiger partial charge on any atom is 0.250 e. The van der Waals surface area contributed by atoms with Crippen molar-refractivity contribution in [2.45, 2.75) is 38.3 Å². The fourth-order valence-electron chi connectivity index (χ4n) is 4.53. The van der Waals surface area contributed by atoms with E-state index in [1.54, 1.807) is 0 Å². The number of unbranched alkanes of at least 4 members (excludes halogenated alkanes) is 1. The van der Waals surface area contributed by atoms with Crippen molar-refractivity contribution in [2.24, 2.45) is 11.8 Å². The zero-order valence-electron chi connectivity index (χ0n) is 14.1. The molecule has 0 bridgehead atoms. The van der Waals surface area contributed by atoms with Crippen LogP contribution in [-0.2, 0) is 19.9 Å². The fourth-order valence-corrected chi connectivity index (χ4v) is 4.89. The summed E-state index contributed by atoms with van der Waals surface area (Å²) in [4.78, 5) is 40.3. The van der Waals surface area contributed by atoms with Gasteiger partial charge in [-0.1, -0.05) is 29.3 Å². The van der Waals surface area contributed by atoms with Gasteiger partial charge >= 0.3 is 0 Å². The van der Waals surface area contributed by atoms with Gasteiger partial charge in [-0.3, -0.25) is 24.6 Å². The number of imide groups is 1.